The first-order valence-corrected chi connectivity index (χ1v) is 20.6. The van der Waals surface area contributed by atoms with Crippen molar-refractivity contribution >= 4 is 82.1 Å². The Labute approximate surface area is 347 Å². The minimum Gasteiger partial charge on any atom is -0.455 e. The van der Waals surface area contributed by atoms with Gasteiger partial charge >= 0.3 is 0 Å². The first kappa shape index (κ1) is 34.1. The smallest absolute Gasteiger partial charge is 0.143 e. The summed E-state index contributed by atoms with van der Waals surface area (Å²) in [6, 6.07) is 81.2. The highest BCUT2D eigenvalue weighted by molar-refractivity contribution is 6.25. The van der Waals surface area contributed by atoms with E-state index in [1.807, 2.05) is 12.1 Å². The second-order valence-corrected chi connectivity index (χ2v) is 15.7. The van der Waals surface area contributed by atoms with Crippen LogP contribution in [0.25, 0.3) is 98.4 Å². The lowest BCUT2D eigenvalue weighted by molar-refractivity contribution is 0.670. The first-order valence-electron chi connectivity index (χ1n) is 20.6. The number of hydrogen-bond acceptors (Lipinski definition) is 2. The van der Waals surface area contributed by atoms with Crippen LogP contribution in [0.3, 0.4) is 0 Å². The van der Waals surface area contributed by atoms with Crippen LogP contribution < -0.4 is 4.90 Å². The minimum absolute atomic E-state index is 0.906. The second kappa shape index (κ2) is 13.9. The number of fused-ring (bicyclic) bond motifs is 10. The minimum atomic E-state index is 0.906. The molecule has 0 saturated carbocycles. The number of hydrogen-bond donors (Lipinski definition) is 0. The van der Waals surface area contributed by atoms with Crippen molar-refractivity contribution in [2.75, 3.05) is 4.90 Å². The van der Waals surface area contributed by atoms with Gasteiger partial charge in [0.05, 0.1) is 0 Å². The third-order valence-corrected chi connectivity index (χ3v) is 12.3. The molecule has 1 aromatic heterocycles. The molecule has 0 amide bonds. The predicted octanol–water partition coefficient (Wildman–Crippen LogP) is 16.7. The molecule has 280 valence electrons. The molecule has 0 radical (unpaired) electrons. The lowest BCUT2D eigenvalue weighted by atomic mass is 9.92. The number of benzene rings is 11. The van der Waals surface area contributed by atoms with Crippen LogP contribution in [0.5, 0.6) is 0 Å². The van der Waals surface area contributed by atoms with Gasteiger partial charge in [0.1, 0.15) is 11.2 Å². The Hall–Kier alpha value is -7.94. The summed E-state index contributed by atoms with van der Waals surface area (Å²) in [5, 5.41) is 12.5. The normalized spacial score (nSPS) is 11.7. The Morgan fingerprint density at radius 2 is 0.717 bits per heavy atom. The van der Waals surface area contributed by atoms with Gasteiger partial charge in [0.15, 0.2) is 0 Å². The molecule has 0 aliphatic rings. The molecule has 0 atom stereocenters. The van der Waals surface area contributed by atoms with Crippen molar-refractivity contribution in [3.63, 3.8) is 0 Å². The van der Waals surface area contributed by atoms with Gasteiger partial charge in [-0.1, -0.05) is 170 Å². The Balaban J connectivity index is 0.944. The van der Waals surface area contributed by atoms with E-state index in [0.29, 0.717) is 0 Å². The lowest BCUT2D eigenvalue weighted by Crippen LogP contribution is -2.09. The Kier molecular flexibility index (Phi) is 7.89. The van der Waals surface area contributed by atoms with Crippen LogP contribution in [0.1, 0.15) is 0 Å². The molecule has 0 fully saturated rings. The second-order valence-electron chi connectivity index (χ2n) is 15.7. The molecule has 60 heavy (non-hydrogen) atoms. The Morgan fingerprint density at radius 3 is 1.35 bits per heavy atom. The predicted molar refractivity (Wildman–Crippen MR) is 255 cm³/mol. The van der Waals surface area contributed by atoms with Gasteiger partial charge in [-0.05, 0) is 126 Å². The summed E-state index contributed by atoms with van der Waals surface area (Å²) in [6.07, 6.45) is 0. The van der Waals surface area contributed by atoms with Crippen molar-refractivity contribution in [1.29, 1.82) is 0 Å². The largest absolute Gasteiger partial charge is 0.455 e. The fraction of sp³-hybridized carbons (Fsp3) is 0. The van der Waals surface area contributed by atoms with E-state index >= 15 is 0 Å². The number of nitrogens with zero attached hydrogens (tertiary/aromatic N) is 1. The van der Waals surface area contributed by atoms with Crippen molar-refractivity contribution in [2.45, 2.75) is 0 Å². The third kappa shape index (κ3) is 5.65. The summed E-state index contributed by atoms with van der Waals surface area (Å²) < 4.78 is 6.43. The zero-order valence-corrected chi connectivity index (χ0v) is 32.7. The first-order chi connectivity index (χ1) is 29.7. The molecule has 0 aliphatic carbocycles. The maximum absolute atomic E-state index is 6.43. The molecule has 0 N–H and O–H groups in total. The van der Waals surface area contributed by atoms with Gasteiger partial charge in [0.2, 0.25) is 0 Å². The lowest BCUT2D eigenvalue weighted by Gasteiger charge is -2.26. The summed E-state index contributed by atoms with van der Waals surface area (Å²) in [7, 11) is 0. The van der Waals surface area contributed by atoms with Gasteiger partial charge in [-0.3, -0.25) is 0 Å². The van der Waals surface area contributed by atoms with Crippen LogP contribution in [0.4, 0.5) is 17.1 Å². The van der Waals surface area contributed by atoms with E-state index in [2.05, 4.69) is 217 Å². The number of anilines is 3. The summed E-state index contributed by atoms with van der Waals surface area (Å²) in [4.78, 5) is 2.35. The molecular formula is C58H37NO. The van der Waals surface area contributed by atoms with Gasteiger partial charge in [-0.25, -0.2) is 0 Å². The van der Waals surface area contributed by atoms with E-state index in [0.717, 1.165) is 50.1 Å². The number of furan rings is 1. The van der Waals surface area contributed by atoms with Crippen LogP contribution in [0, 0.1) is 0 Å². The summed E-state index contributed by atoms with van der Waals surface area (Å²) >= 11 is 0. The van der Waals surface area contributed by atoms with Crippen LogP contribution in [0.2, 0.25) is 0 Å². The monoisotopic (exact) mass is 763 g/mol. The van der Waals surface area contributed by atoms with E-state index in [1.165, 1.54) is 65.3 Å². The maximum Gasteiger partial charge on any atom is 0.143 e. The summed E-state index contributed by atoms with van der Waals surface area (Å²) in [5.74, 6) is 0. The highest BCUT2D eigenvalue weighted by Gasteiger charge is 2.17. The molecule has 11 aromatic carbocycles. The van der Waals surface area contributed by atoms with Gasteiger partial charge < -0.3 is 9.32 Å². The number of rotatable bonds is 6. The van der Waals surface area contributed by atoms with Gasteiger partial charge in [0, 0.05) is 33.4 Å². The maximum atomic E-state index is 6.43. The molecular weight excluding hydrogens is 727 g/mol. The summed E-state index contributed by atoms with van der Waals surface area (Å²) in [6.45, 7) is 0. The van der Waals surface area contributed by atoms with Crippen molar-refractivity contribution in [3.8, 4) is 33.4 Å². The van der Waals surface area contributed by atoms with E-state index < -0.39 is 0 Å². The fourth-order valence-corrected chi connectivity index (χ4v) is 9.27. The fourth-order valence-electron chi connectivity index (χ4n) is 9.27. The van der Waals surface area contributed by atoms with E-state index in [1.54, 1.807) is 0 Å². The highest BCUT2D eigenvalue weighted by Crippen LogP contribution is 2.41. The highest BCUT2D eigenvalue weighted by atomic mass is 16.3. The van der Waals surface area contributed by atoms with Gasteiger partial charge in [-0.2, -0.15) is 0 Å². The Morgan fingerprint density at radius 1 is 0.267 bits per heavy atom. The van der Waals surface area contributed by atoms with Crippen LogP contribution >= 0.6 is 0 Å². The molecule has 12 aromatic rings. The zero-order valence-electron chi connectivity index (χ0n) is 32.7. The standard InChI is InChI=1S/C58H37NO/c1-2-11-42-36-43(21-20-38(42)10-1)39-22-29-45(30-23-39)59(47-33-26-41(27-34-47)48-17-9-18-55-54-16-7-8-19-57(54)60-58(48)55)46-31-24-40(25-32-46)44-28-35-53-51-14-4-3-12-49(51)50-13-5-6-15-52(50)56(53)37-44/h1-37H. The van der Waals surface area contributed by atoms with Crippen LogP contribution in [-0.4, -0.2) is 0 Å². The van der Waals surface area contributed by atoms with Crippen molar-refractivity contribution in [3.05, 3.63) is 224 Å². The molecule has 0 bridgehead atoms. The van der Waals surface area contributed by atoms with Crippen molar-refractivity contribution < 1.29 is 4.42 Å². The van der Waals surface area contributed by atoms with E-state index in [9.17, 15) is 0 Å². The molecule has 2 nitrogen and oxygen atoms in total. The zero-order chi connectivity index (χ0) is 39.6. The summed E-state index contributed by atoms with van der Waals surface area (Å²) in [5.41, 5.74) is 12.0. The molecule has 0 aliphatic heterocycles. The molecule has 1 heterocycles. The van der Waals surface area contributed by atoms with Gasteiger partial charge in [-0.15, -0.1) is 0 Å². The Bertz CT molecular complexity index is 3540. The molecule has 0 spiro atoms. The average Bonchev–Trinajstić information content (AvgIpc) is 3.71. The molecule has 12 rings (SSSR count). The molecule has 0 saturated heterocycles. The molecule has 0 unspecified atom stereocenters. The van der Waals surface area contributed by atoms with Gasteiger partial charge in [0.25, 0.3) is 0 Å². The number of para-hydroxylation sites is 2. The van der Waals surface area contributed by atoms with Crippen molar-refractivity contribution in [1.82, 2.24) is 0 Å². The SMILES string of the molecule is c1ccc2cc(-c3ccc(N(c4ccc(-c5ccc6c7ccccc7c7ccccc7c6c5)cc4)c4ccc(-c5cccc6c5oc5ccccc56)cc4)cc3)ccc2c1. The van der Waals surface area contributed by atoms with Crippen LogP contribution in [0.15, 0.2) is 229 Å². The average molecular weight is 764 g/mol. The van der Waals surface area contributed by atoms with Crippen LogP contribution in [-0.2, 0) is 0 Å². The van der Waals surface area contributed by atoms with E-state index in [-0.39, 0.29) is 0 Å². The topological polar surface area (TPSA) is 16.4 Å². The molecule has 2 heteroatoms. The van der Waals surface area contributed by atoms with E-state index in [4.69, 9.17) is 4.42 Å². The van der Waals surface area contributed by atoms with Crippen molar-refractivity contribution in [2.24, 2.45) is 0 Å². The third-order valence-electron chi connectivity index (χ3n) is 12.3. The quantitative estimate of drug-likeness (QED) is 0.157.